The molecular formula is C62H60N6. The van der Waals surface area contributed by atoms with Crippen LogP contribution in [-0.4, -0.2) is 24.1 Å². The molecule has 3 heterocycles. The molecular weight excluding hydrogens is 829 g/mol. The molecule has 68 heavy (non-hydrogen) atoms. The largest absolute Gasteiger partial charge is 0.308 e. The maximum Gasteiger partial charge on any atom is 0.168 e. The van der Waals surface area contributed by atoms with Gasteiger partial charge in [0.15, 0.2) is 17.5 Å². The number of aromatic nitrogens is 5. The molecule has 10 aromatic rings. The highest BCUT2D eigenvalue weighted by Gasteiger charge is 2.29. The maximum absolute atomic E-state index is 11.2. The summed E-state index contributed by atoms with van der Waals surface area (Å²) in [6.07, 6.45) is 0. The van der Waals surface area contributed by atoms with E-state index in [1.807, 2.05) is 72.8 Å². The standard InChI is InChI=1S/C62H60N6/c1-59(2,3)41-23-27-49-45(33-41)46-34-42(60(4,5)6)24-28-50(46)67(49)53-31-38(37-63)32-54(55(53)58-65-56(39-19-15-13-16-20-39)64-57(66-58)40-21-17-14-18-22-40)68-51-29-25-43(61(7,8)9)35-47(51)48-36-44(62(10,11)12)26-30-52(48)68/h13-36H,1-12H3. The molecule has 6 heteroatoms. The second-order valence-corrected chi connectivity index (χ2v) is 22.6. The van der Waals surface area contributed by atoms with Crippen molar-refractivity contribution in [3.63, 3.8) is 0 Å². The lowest BCUT2D eigenvalue weighted by Crippen LogP contribution is -2.11. The van der Waals surface area contributed by atoms with Crippen LogP contribution in [0.4, 0.5) is 0 Å². The second kappa shape index (κ2) is 15.9. The highest BCUT2D eigenvalue weighted by atomic mass is 15.1. The molecule has 10 rings (SSSR count). The number of benzene rings is 7. The Balaban J connectivity index is 1.42. The van der Waals surface area contributed by atoms with Gasteiger partial charge in [-0.05, 0) is 105 Å². The zero-order valence-electron chi connectivity index (χ0n) is 41.5. The summed E-state index contributed by atoms with van der Waals surface area (Å²) in [6, 6.07) is 54.5. The number of nitrogens with zero attached hydrogens (tertiary/aromatic N) is 6. The van der Waals surface area contributed by atoms with E-state index >= 15 is 0 Å². The van der Waals surface area contributed by atoms with Gasteiger partial charge in [0.1, 0.15) is 0 Å². The van der Waals surface area contributed by atoms with E-state index in [0.29, 0.717) is 23.0 Å². The summed E-state index contributed by atoms with van der Waals surface area (Å²) >= 11 is 0. The van der Waals surface area contributed by atoms with Gasteiger partial charge in [-0.15, -0.1) is 0 Å². The topological polar surface area (TPSA) is 72.3 Å². The first-order valence-electron chi connectivity index (χ1n) is 23.8. The SMILES string of the molecule is CC(C)(C)c1ccc2c(c1)c1cc(C(C)(C)C)ccc1n2-c1cc(C#N)cc(-n2c3ccc(C(C)(C)C)cc3c3cc(C(C)(C)C)ccc32)c1-c1nc(-c2ccccc2)nc(-c2ccccc2)n1. The van der Waals surface area contributed by atoms with Gasteiger partial charge in [0.2, 0.25) is 0 Å². The van der Waals surface area contributed by atoms with E-state index in [2.05, 4.69) is 171 Å². The van der Waals surface area contributed by atoms with Crippen LogP contribution in [0.2, 0.25) is 0 Å². The number of hydrogen-bond donors (Lipinski definition) is 0. The Morgan fingerprint density at radius 2 is 0.662 bits per heavy atom. The highest BCUT2D eigenvalue weighted by molar-refractivity contribution is 6.12. The van der Waals surface area contributed by atoms with Gasteiger partial charge < -0.3 is 9.13 Å². The van der Waals surface area contributed by atoms with E-state index < -0.39 is 0 Å². The van der Waals surface area contributed by atoms with E-state index in [0.717, 1.165) is 71.7 Å². The monoisotopic (exact) mass is 888 g/mol. The molecule has 0 saturated carbocycles. The van der Waals surface area contributed by atoms with Crippen LogP contribution in [0.5, 0.6) is 0 Å². The highest BCUT2D eigenvalue weighted by Crippen LogP contribution is 2.45. The maximum atomic E-state index is 11.2. The second-order valence-electron chi connectivity index (χ2n) is 22.6. The molecule has 0 aliphatic heterocycles. The fourth-order valence-corrected chi connectivity index (χ4v) is 9.61. The quantitative estimate of drug-likeness (QED) is 0.173. The predicted molar refractivity (Wildman–Crippen MR) is 284 cm³/mol. The van der Waals surface area contributed by atoms with Crippen LogP contribution in [0.15, 0.2) is 146 Å². The van der Waals surface area contributed by atoms with Gasteiger partial charge in [0, 0.05) is 32.7 Å². The third kappa shape index (κ3) is 7.74. The predicted octanol–water partition coefficient (Wildman–Crippen LogP) is 16.1. The average Bonchev–Trinajstić information content (AvgIpc) is 3.82. The van der Waals surface area contributed by atoms with Gasteiger partial charge >= 0.3 is 0 Å². The molecule has 0 unspecified atom stereocenters. The van der Waals surface area contributed by atoms with E-state index in [9.17, 15) is 5.26 Å². The molecule has 0 N–H and O–H groups in total. The Kier molecular flexibility index (Phi) is 10.4. The Labute approximate surface area is 401 Å². The molecule has 6 nitrogen and oxygen atoms in total. The lowest BCUT2D eigenvalue weighted by Gasteiger charge is -2.22. The molecule has 0 amide bonds. The lowest BCUT2D eigenvalue weighted by atomic mass is 9.85. The number of hydrogen-bond acceptors (Lipinski definition) is 4. The number of rotatable bonds is 5. The minimum absolute atomic E-state index is 0.0773. The smallest absolute Gasteiger partial charge is 0.168 e. The van der Waals surface area contributed by atoms with Gasteiger partial charge in [0.05, 0.1) is 50.6 Å². The molecule has 338 valence electrons. The molecule has 0 spiro atoms. The van der Waals surface area contributed by atoms with Crippen molar-refractivity contribution in [3.8, 4) is 51.6 Å². The van der Waals surface area contributed by atoms with Crippen LogP contribution in [-0.2, 0) is 21.7 Å². The van der Waals surface area contributed by atoms with Crippen molar-refractivity contribution in [1.29, 1.82) is 5.26 Å². The number of nitriles is 1. The summed E-state index contributed by atoms with van der Waals surface area (Å²) in [5, 5.41) is 15.8. The molecule has 0 aliphatic carbocycles. The fraction of sp³-hybridized carbons (Fsp3) is 0.258. The third-order valence-electron chi connectivity index (χ3n) is 13.6. The summed E-state index contributed by atoms with van der Waals surface area (Å²) < 4.78 is 4.70. The summed E-state index contributed by atoms with van der Waals surface area (Å²) in [6.45, 7) is 27.2. The summed E-state index contributed by atoms with van der Waals surface area (Å²) in [5.41, 5.74) is 13.5. The lowest BCUT2D eigenvalue weighted by molar-refractivity contribution is 0.590. The van der Waals surface area contributed by atoms with Crippen LogP contribution >= 0.6 is 0 Å². The average molecular weight is 889 g/mol. The normalized spacial score (nSPS) is 12.7. The third-order valence-corrected chi connectivity index (χ3v) is 13.6. The van der Waals surface area contributed by atoms with E-state index in [1.54, 1.807) is 0 Å². The molecule has 0 fully saturated rings. The molecule has 0 bridgehead atoms. The Bertz CT molecular complexity index is 3280. The molecule has 7 aromatic carbocycles. The van der Waals surface area contributed by atoms with Crippen molar-refractivity contribution in [2.75, 3.05) is 0 Å². The van der Waals surface area contributed by atoms with Crippen molar-refractivity contribution in [3.05, 3.63) is 173 Å². The summed E-state index contributed by atoms with van der Waals surface area (Å²) in [4.78, 5) is 16.1. The van der Waals surface area contributed by atoms with Crippen LogP contribution in [0, 0.1) is 11.3 Å². The van der Waals surface area contributed by atoms with Gasteiger partial charge in [-0.25, -0.2) is 15.0 Å². The van der Waals surface area contributed by atoms with Gasteiger partial charge in [0.25, 0.3) is 0 Å². The summed E-state index contributed by atoms with van der Waals surface area (Å²) in [7, 11) is 0. The van der Waals surface area contributed by atoms with Crippen molar-refractivity contribution in [2.45, 2.75) is 105 Å². The first-order valence-corrected chi connectivity index (χ1v) is 23.8. The van der Waals surface area contributed by atoms with Gasteiger partial charge in [-0.2, -0.15) is 5.26 Å². The van der Waals surface area contributed by atoms with Gasteiger partial charge in [-0.1, -0.05) is 168 Å². The minimum atomic E-state index is -0.0773. The van der Waals surface area contributed by atoms with E-state index in [1.165, 1.54) is 22.3 Å². The molecule has 3 aromatic heterocycles. The van der Waals surface area contributed by atoms with Crippen LogP contribution < -0.4 is 0 Å². The van der Waals surface area contributed by atoms with Crippen LogP contribution in [0.1, 0.15) is 111 Å². The van der Waals surface area contributed by atoms with Crippen molar-refractivity contribution in [2.24, 2.45) is 0 Å². The fourth-order valence-electron chi connectivity index (χ4n) is 9.61. The molecule has 0 atom stereocenters. The van der Waals surface area contributed by atoms with Crippen LogP contribution in [0.3, 0.4) is 0 Å². The first kappa shape index (κ1) is 44.5. The van der Waals surface area contributed by atoms with Crippen molar-refractivity contribution in [1.82, 2.24) is 24.1 Å². The van der Waals surface area contributed by atoms with Gasteiger partial charge in [-0.3, -0.25) is 0 Å². The Morgan fingerprint density at radius 3 is 0.941 bits per heavy atom. The van der Waals surface area contributed by atoms with E-state index in [4.69, 9.17) is 15.0 Å². The molecule has 0 radical (unpaired) electrons. The number of fused-ring (bicyclic) bond motifs is 6. The minimum Gasteiger partial charge on any atom is -0.308 e. The molecule has 0 saturated heterocycles. The molecule has 0 aliphatic rings. The Morgan fingerprint density at radius 1 is 0.368 bits per heavy atom. The zero-order valence-corrected chi connectivity index (χ0v) is 41.5. The zero-order chi connectivity index (χ0) is 48.1. The first-order chi connectivity index (χ1) is 32.2. The van der Waals surface area contributed by atoms with Crippen molar-refractivity contribution >= 4 is 43.6 Å². The Hall–Kier alpha value is -7.36. The van der Waals surface area contributed by atoms with Crippen molar-refractivity contribution < 1.29 is 0 Å². The summed E-state index contributed by atoms with van der Waals surface area (Å²) in [5.74, 6) is 1.64. The van der Waals surface area contributed by atoms with E-state index in [-0.39, 0.29) is 21.7 Å². The van der Waals surface area contributed by atoms with Crippen LogP contribution in [0.25, 0.3) is 89.2 Å².